The lowest BCUT2D eigenvalue weighted by molar-refractivity contribution is 0.0973. The fourth-order valence-corrected chi connectivity index (χ4v) is 3.21. The highest BCUT2D eigenvalue weighted by atomic mass is 19.1. The maximum Gasteiger partial charge on any atom is 0.260 e. The molecule has 2 N–H and O–H groups in total. The van der Waals surface area contributed by atoms with Gasteiger partial charge in [-0.15, -0.1) is 0 Å². The van der Waals surface area contributed by atoms with E-state index in [0.29, 0.717) is 6.54 Å². The number of amides is 1. The van der Waals surface area contributed by atoms with Gasteiger partial charge in [0.1, 0.15) is 5.82 Å². The molecule has 0 aliphatic heterocycles. The Labute approximate surface area is 175 Å². The normalized spacial score (nSPS) is 11.4. The van der Waals surface area contributed by atoms with E-state index in [9.17, 15) is 9.18 Å². The van der Waals surface area contributed by atoms with Crippen LogP contribution in [0.3, 0.4) is 0 Å². The molecule has 0 unspecified atom stereocenters. The molecular weight excluding hydrogens is 381 g/mol. The molecule has 0 aliphatic carbocycles. The Morgan fingerprint density at radius 1 is 1.13 bits per heavy atom. The van der Waals surface area contributed by atoms with Crippen molar-refractivity contribution >= 4 is 17.6 Å². The molecule has 6 nitrogen and oxygen atoms in total. The predicted octanol–water partition coefficient (Wildman–Crippen LogP) is 4.14. The van der Waals surface area contributed by atoms with Crippen molar-refractivity contribution < 1.29 is 9.18 Å². The van der Waals surface area contributed by atoms with Crippen LogP contribution in [-0.2, 0) is 20.0 Å². The molecular formula is C23H26FN5O. The number of aliphatic imine (C=N–C) groups is 1. The zero-order valence-electron chi connectivity index (χ0n) is 17.7. The molecule has 1 amide bonds. The maximum absolute atomic E-state index is 14.1. The van der Waals surface area contributed by atoms with Gasteiger partial charge in [0, 0.05) is 24.0 Å². The van der Waals surface area contributed by atoms with Gasteiger partial charge in [0.25, 0.3) is 5.91 Å². The molecule has 3 aromatic rings. The molecule has 0 fully saturated rings. The fraction of sp³-hybridized carbons (Fsp3) is 0.261. The van der Waals surface area contributed by atoms with Crippen LogP contribution in [0.5, 0.6) is 0 Å². The van der Waals surface area contributed by atoms with Gasteiger partial charge >= 0.3 is 0 Å². The standard InChI is InChI=1S/C23H26FN5O/c1-5-17-10-6-9-13-21(17)26-23(25-14-19-15(2)28-29(4)16(19)3)27-22(30)18-11-7-8-12-20(18)24/h6-13H,5,14H2,1-4H3,(H2,25,26,27,30). The smallest absolute Gasteiger partial charge is 0.260 e. The predicted molar refractivity (Wildman–Crippen MR) is 117 cm³/mol. The van der Waals surface area contributed by atoms with Gasteiger partial charge in [0.05, 0.1) is 17.8 Å². The molecule has 7 heteroatoms. The summed E-state index contributed by atoms with van der Waals surface area (Å²) in [6.07, 6.45) is 0.818. The fourth-order valence-electron chi connectivity index (χ4n) is 3.21. The van der Waals surface area contributed by atoms with Gasteiger partial charge in [-0.05, 0) is 44.0 Å². The molecule has 0 aliphatic rings. The average molecular weight is 407 g/mol. The first-order chi connectivity index (χ1) is 14.4. The summed E-state index contributed by atoms with van der Waals surface area (Å²) >= 11 is 0. The first kappa shape index (κ1) is 21.2. The van der Waals surface area contributed by atoms with Gasteiger partial charge in [-0.25, -0.2) is 9.38 Å². The summed E-state index contributed by atoms with van der Waals surface area (Å²) in [7, 11) is 1.88. The number of benzene rings is 2. The van der Waals surface area contributed by atoms with Crippen LogP contribution in [0, 0.1) is 19.7 Å². The summed E-state index contributed by atoms with van der Waals surface area (Å²) in [6, 6.07) is 13.7. The van der Waals surface area contributed by atoms with E-state index in [0.717, 1.165) is 34.6 Å². The number of carbonyl (C=O) groups excluding carboxylic acids is 1. The van der Waals surface area contributed by atoms with E-state index in [4.69, 9.17) is 0 Å². The number of hydrogen-bond acceptors (Lipinski definition) is 3. The van der Waals surface area contributed by atoms with Crippen LogP contribution in [0.1, 0.15) is 39.8 Å². The van der Waals surface area contributed by atoms with Crippen molar-refractivity contribution in [1.82, 2.24) is 15.1 Å². The quantitative estimate of drug-likeness (QED) is 0.493. The Morgan fingerprint density at radius 2 is 1.83 bits per heavy atom. The number of hydrogen-bond donors (Lipinski definition) is 2. The zero-order chi connectivity index (χ0) is 21.7. The molecule has 2 aromatic carbocycles. The minimum absolute atomic E-state index is 0.0375. The molecule has 3 rings (SSSR count). The van der Waals surface area contributed by atoms with E-state index in [1.807, 2.05) is 45.2 Å². The van der Waals surface area contributed by atoms with E-state index >= 15 is 0 Å². The van der Waals surface area contributed by atoms with E-state index in [1.165, 1.54) is 12.1 Å². The molecule has 30 heavy (non-hydrogen) atoms. The summed E-state index contributed by atoms with van der Waals surface area (Å²) in [5.41, 5.74) is 4.76. The lowest BCUT2D eigenvalue weighted by Gasteiger charge is -2.15. The molecule has 156 valence electrons. The van der Waals surface area contributed by atoms with Crippen LogP contribution in [0.2, 0.25) is 0 Å². The van der Waals surface area contributed by atoms with Gasteiger partial charge in [-0.3, -0.25) is 14.8 Å². The van der Waals surface area contributed by atoms with Crippen LogP contribution < -0.4 is 10.6 Å². The molecule has 1 heterocycles. The second-order valence-corrected chi connectivity index (χ2v) is 7.01. The van der Waals surface area contributed by atoms with E-state index in [1.54, 1.807) is 16.8 Å². The van der Waals surface area contributed by atoms with Crippen LogP contribution >= 0.6 is 0 Å². The number of carbonyl (C=O) groups is 1. The van der Waals surface area contributed by atoms with Crippen molar-refractivity contribution in [3.8, 4) is 0 Å². The summed E-state index contributed by atoms with van der Waals surface area (Å²) < 4.78 is 15.9. The third kappa shape index (κ3) is 4.74. The molecule has 0 spiro atoms. The minimum atomic E-state index is -0.581. The molecule has 1 aromatic heterocycles. The van der Waals surface area contributed by atoms with Crippen LogP contribution in [0.15, 0.2) is 53.5 Å². The summed E-state index contributed by atoms with van der Waals surface area (Å²) in [4.78, 5) is 17.3. The largest absolute Gasteiger partial charge is 0.326 e. The van der Waals surface area contributed by atoms with Crippen LogP contribution in [0.25, 0.3) is 0 Å². The second kappa shape index (κ2) is 9.35. The van der Waals surface area contributed by atoms with Crippen molar-refractivity contribution in [2.45, 2.75) is 33.7 Å². The molecule has 0 radical (unpaired) electrons. The number of anilines is 1. The average Bonchev–Trinajstić information content (AvgIpc) is 2.98. The Kier molecular flexibility index (Phi) is 6.61. The van der Waals surface area contributed by atoms with Crippen molar-refractivity contribution in [3.63, 3.8) is 0 Å². The van der Waals surface area contributed by atoms with Crippen LogP contribution in [-0.4, -0.2) is 21.6 Å². The number of aromatic nitrogens is 2. The van der Waals surface area contributed by atoms with Gasteiger partial charge < -0.3 is 5.32 Å². The Morgan fingerprint density at radius 3 is 2.50 bits per heavy atom. The van der Waals surface area contributed by atoms with Crippen molar-refractivity contribution in [2.75, 3.05) is 5.32 Å². The Balaban J connectivity index is 1.91. The molecule has 0 saturated carbocycles. The molecule has 0 bridgehead atoms. The third-order valence-corrected chi connectivity index (χ3v) is 5.06. The number of nitrogens with one attached hydrogen (secondary N) is 2. The number of para-hydroxylation sites is 1. The first-order valence-electron chi connectivity index (χ1n) is 9.85. The second-order valence-electron chi connectivity index (χ2n) is 7.01. The molecule has 0 saturated heterocycles. The SMILES string of the molecule is CCc1ccccc1NC(=NCc1c(C)nn(C)c1C)NC(=O)c1ccccc1F. The van der Waals surface area contributed by atoms with Crippen molar-refractivity contribution in [3.05, 3.63) is 82.4 Å². The number of rotatable bonds is 5. The number of halogens is 1. The summed E-state index contributed by atoms with van der Waals surface area (Å²) in [6.45, 7) is 6.29. The third-order valence-electron chi connectivity index (χ3n) is 5.06. The lowest BCUT2D eigenvalue weighted by atomic mass is 10.1. The van der Waals surface area contributed by atoms with Gasteiger partial charge in [0.2, 0.25) is 5.96 Å². The zero-order valence-corrected chi connectivity index (χ0v) is 17.7. The highest BCUT2D eigenvalue weighted by Crippen LogP contribution is 2.17. The Bertz CT molecular complexity index is 1090. The van der Waals surface area contributed by atoms with Crippen LogP contribution in [0.4, 0.5) is 10.1 Å². The van der Waals surface area contributed by atoms with Gasteiger partial charge in [-0.2, -0.15) is 5.10 Å². The first-order valence-corrected chi connectivity index (χ1v) is 9.85. The maximum atomic E-state index is 14.1. The van der Waals surface area contributed by atoms with E-state index in [2.05, 4.69) is 27.6 Å². The monoisotopic (exact) mass is 407 g/mol. The highest BCUT2D eigenvalue weighted by molar-refractivity contribution is 6.10. The van der Waals surface area contributed by atoms with Gasteiger partial charge in [0.15, 0.2) is 0 Å². The van der Waals surface area contributed by atoms with Crippen molar-refractivity contribution in [2.24, 2.45) is 12.0 Å². The van der Waals surface area contributed by atoms with E-state index < -0.39 is 11.7 Å². The Hall–Kier alpha value is -3.48. The van der Waals surface area contributed by atoms with Gasteiger partial charge in [-0.1, -0.05) is 37.3 Å². The van der Waals surface area contributed by atoms with Crippen molar-refractivity contribution in [1.29, 1.82) is 0 Å². The number of aryl methyl sites for hydroxylation is 3. The van der Waals surface area contributed by atoms with E-state index in [-0.39, 0.29) is 11.5 Å². The number of nitrogens with zero attached hydrogens (tertiary/aromatic N) is 3. The number of guanidine groups is 1. The summed E-state index contributed by atoms with van der Waals surface area (Å²) in [5.74, 6) is -0.887. The molecule has 0 atom stereocenters. The summed E-state index contributed by atoms with van der Waals surface area (Å²) in [5, 5.41) is 10.3. The topological polar surface area (TPSA) is 71.3 Å². The highest BCUT2D eigenvalue weighted by Gasteiger charge is 2.15. The lowest BCUT2D eigenvalue weighted by Crippen LogP contribution is -2.36. The minimum Gasteiger partial charge on any atom is -0.326 e.